The van der Waals surface area contributed by atoms with Gasteiger partial charge in [0.2, 0.25) is 5.91 Å². The van der Waals surface area contributed by atoms with Crippen molar-refractivity contribution in [2.45, 2.75) is 25.6 Å². The Hall–Kier alpha value is -3.91. The van der Waals surface area contributed by atoms with E-state index in [9.17, 15) is 14.0 Å². The first kappa shape index (κ1) is 21.9. The van der Waals surface area contributed by atoms with Gasteiger partial charge in [0.05, 0.1) is 12.8 Å². The monoisotopic (exact) mass is 478 g/mol. The van der Waals surface area contributed by atoms with Gasteiger partial charge in [-0.05, 0) is 61.0 Å². The maximum absolute atomic E-state index is 13.7. The highest BCUT2D eigenvalue weighted by Gasteiger charge is 2.49. The molecule has 0 bridgehead atoms. The maximum atomic E-state index is 13.7. The van der Waals surface area contributed by atoms with Gasteiger partial charge in [-0.15, -0.1) is 0 Å². The SMILES string of the molecule is CC1(C(=O)NCc2ccc(F)cc2)Cn2nc(-c3ccco3)cc2C(=O)N1c1ccc(Cl)cc1. The predicted octanol–water partition coefficient (Wildman–Crippen LogP) is 4.67. The van der Waals surface area contributed by atoms with E-state index in [0.717, 1.165) is 5.56 Å². The van der Waals surface area contributed by atoms with Gasteiger partial charge in [0.15, 0.2) is 5.76 Å². The largest absolute Gasteiger partial charge is 0.463 e. The molecule has 1 aliphatic heterocycles. The lowest BCUT2D eigenvalue weighted by Crippen LogP contribution is -2.64. The molecule has 34 heavy (non-hydrogen) atoms. The minimum absolute atomic E-state index is 0.118. The Morgan fingerprint density at radius 3 is 2.59 bits per heavy atom. The van der Waals surface area contributed by atoms with E-state index < -0.39 is 5.54 Å². The summed E-state index contributed by atoms with van der Waals surface area (Å²) in [5.41, 5.74) is 0.800. The first-order chi connectivity index (χ1) is 16.3. The van der Waals surface area contributed by atoms with E-state index in [1.54, 1.807) is 61.5 Å². The zero-order valence-corrected chi connectivity index (χ0v) is 18.9. The predicted molar refractivity (Wildman–Crippen MR) is 125 cm³/mol. The Bertz CT molecular complexity index is 1350. The second kappa shape index (κ2) is 8.46. The molecule has 0 saturated carbocycles. The van der Waals surface area contributed by atoms with Crippen LogP contribution in [0.15, 0.2) is 77.4 Å². The van der Waals surface area contributed by atoms with Crippen molar-refractivity contribution >= 4 is 29.1 Å². The molecule has 5 rings (SSSR count). The highest BCUT2D eigenvalue weighted by atomic mass is 35.5. The highest BCUT2D eigenvalue weighted by molar-refractivity contribution is 6.30. The minimum atomic E-state index is -1.30. The van der Waals surface area contributed by atoms with Crippen molar-refractivity contribution < 1.29 is 18.4 Å². The number of anilines is 1. The number of halogens is 2. The molecule has 2 amide bonds. The molecule has 1 aliphatic rings. The summed E-state index contributed by atoms with van der Waals surface area (Å²) in [6.07, 6.45) is 1.53. The second-order valence-corrected chi connectivity index (χ2v) is 8.69. The molecule has 1 N–H and O–H groups in total. The number of furan rings is 1. The van der Waals surface area contributed by atoms with Gasteiger partial charge in [-0.3, -0.25) is 19.2 Å². The number of benzene rings is 2. The topological polar surface area (TPSA) is 80.4 Å². The molecule has 0 radical (unpaired) electrons. The quantitative estimate of drug-likeness (QED) is 0.452. The third-order valence-corrected chi connectivity index (χ3v) is 6.12. The van der Waals surface area contributed by atoms with Crippen LogP contribution >= 0.6 is 11.6 Å². The number of hydrogen-bond donors (Lipinski definition) is 1. The average Bonchev–Trinajstić information content (AvgIpc) is 3.50. The van der Waals surface area contributed by atoms with Crippen LogP contribution in [-0.4, -0.2) is 27.1 Å². The van der Waals surface area contributed by atoms with Crippen LogP contribution in [-0.2, 0) is 17.9 Å². The van der Waals surface area contributed by atoms with Crippen LogP contribution in [0.4, 0.5) is 10.1 Å². The van der Waals surface area contributed by atoms with Crippen molar-refractivity contribution in [2.75, 3.05) is 4.90 Å². The van der Waals surface area contributed by atoms with E-state index in [1.165, 1.54) is 28.0 Å². The summed E-state index contributed by atoms with van der Waals surface area (Å²) in [7, 11) is 0. The number of rotatable bonds is 5. The van der Waals surface area contributed by atoms with E-state index >= 15 is 0 Å². The fraction of sp³-hybridized carbons (Fsp3) is 0.160. The molecular formula is C25H20ClFN4O3. The summed E-state index contributed by atoms with van der Waals surface area (Å²) in [5, 5.41) is 7.92. The number of nitrogens with zero attached hydrogens (tertiary/aromatic N) is 3. The fourth-order valence-corrected chi connectivity index (χ4v) is 4.22. The third kappa shape index (κ3) is 3.86. The molecule has 4 aromatic rings. The molecule has 3 heterocycles. The number of carbonyl (C=O) groups is 2. The number of amides is 2. The molecule has 2 aromatic carbocycles. The Balaban J connectivity index is 1.52. The van der Waals surface area contributed by atoms with Crippen molar-refractivity contribution in [2.24, 2.45) is 0 Å². The van der Waals surface area contributed by atoms with Gasteiger partial charge in [0.1, 0.15) is 22.7 Å². The zero-order valence-electron chi connectivity index (χ0n) is 18.2. The number of hydrogen-bond acceptors (Lipinski definition) is 4. The van der Waals surface area contributed by atoms with Gasteiger partial charge >= 0.3 is 0 Å². The summed E-state index contributed by atoms with van der Waals surface area (Å²) in [6, 6.07) is 17.7. The lowest BCUT2D eigenvalue weighted by molar-refractivity contribution is -0.126. The molecule has 0 spiro atoms. The molecule has 172 valence electrons. The first-order valence-corrected chi connectivity index (χ1v) is 11.0. The van der Waals surface area contributed by atoms with Crippen molar-refractivity contribution in [3.8, 4) is 11.5 Å². The molecule has 1 unspecified atom stereocenters. The van der Waals surface area contributed by atoms with Crippen LogP contribution in [0, 0.1) is 5.82 Å². The zero-order chi connectivity index (χ0) is 23.9. The van der Waals surface area contributed by atoms with E-state index in [1.807, 2.05) is 0 Å². The van der Waals surface area contributed by atoms with Crippen molar-refractivity contribution in [3.63, 3.8) is 0 Å². The van der Waals surface area contributed by atoms with Gasteiger partial charge in [-0.1, -0.05) is 23.7 Å². The normalized spacial score (nSPS) is 17.5. The fourth-order valence-electron chi connectivity index (χ4n) is 4.10. The van der Waals surface area contributed by atoms with E-state index in [4.69, 9.17) is 16.0 Å². The molecule has 0 fully saturated rings. The Labute approximate surface area is 199 Å². The number of fused-ring (bicyclic) bond motifs is 1. The summed E-state index contributed by atoms with van der Waals surface area (Å²) < 4.78 is 20.2. The molecule has 7 nitrogen and oxygen atoms in total. The minimum Gasteiger partial charge on any atom is -0.463 e. The molecule has 9 heteroatoms. The van der Waals surface area contributed by atoms with E-state index in [2.05, 4.69) is 10.4 Å². The molecule has 1 atom stereocenters. The van der Waals surface area contributed by atoms with Crippen molar-refractivity contribution in [3.05, 3.63) is 95.1 Å². The van der Waals surface area contributed by atoms with Crippen LogP contribution in [0.1, 0.15) is 23.0 Å². The second-order valence-electron chi connectivity index (χ2n) is 8.25. The Morgan fingerprint density at radius 2 is 1.91 bits per heavy atom. The number of carbonyl (C=O) groups excluding carboxylic acids is 2. The Kier molecular flexibility index (Phi) is 5.45. The van der Waals surface area contributed by atoms with Gasteiger partial charge in [-0.25, -0.2) is 4.39 Å². The number of aromatic nitrogens is 2. The van der Waals surface area contributed by atoms with Crippen LogP contribution < -0.4 is 10.2 Å². The van der Waals surface area contributed by atoms with Crippen LogP contribution in [0.5, 0.6) is 0 Å². The first-order valence-electron chi connectivity index (χ1n) is 10.6. The third-order valence-electron chi connectivity index (χ3n) is 5.87. The highest BCUT2D eigenvalue weighted by Crippen LogP contribution is 2.34. The summed E-state index contributed by atoms with van der Waals surface area (Å²) in [6.45, 7) is 1.99. The van der Waals surface area contributed by atoms with Gasteiger partial charge in [0, 0.05) is 23.3 Å². The summed E-state index contributed by atoms with van der Waals surface area (Å²) >= 11 is 6.06. The number of nitrogens with one attached hydrogen (secondary N) is 1. The van der Waals surface area contributed by atoms with Gasteiger partial charge in [0.25, 0.3) is 5.91 Å². The molecule has 2 aromatic heterocycles. The van der Waals surface area contributed by atoms with Crippen LogP contribution in [0.2, 0.25) is 5.02 Å². The van der Waals surface area contributed by atoms with E-state index in [0.29, 0.717) is 27.9 Å². The van der Waals surface area contributed by atoms with Crippen LogP contribution in [0.3, 0.4) is 0 Å². The standard InChI is InChI=1S/C25H20ClFN4O3/c1-25(24(33)28-14-16-4-8-18(27)9-5-16)15-30-21(13-20(29-30)22-3-2-12-34-22)23(32)31(25)19-10-6-17(26)7-11-19/h2-13H,14-15H2,1H3,(H,28,33). The smallest absolute Gasteiger partial charge is 0.277 e. The lowest BCUT2D eigenvalue weighted by Gasteiger charge is -2.43. The average molecular weight is 479 g/mol. The van der Waals surface area contributed by atoms with E-state index in [-0.39, 0.29) is 30.7 Å². The molecule has 0 saturated heterocycles. The van der Waals surface area contributed by atoms with Crippen molar-refractivity contribution in [1.82, 2.24) is 15.1 Å². The van der Waals surface area contributed by atoms with Crippen LogP contribution in [0.25, 0.3) is 11.5 Å². The van der Waals surface area contributed by atoms with Gasteiger partial charge < -0.3 is 9.73 Å². The Morgan fingerprint density at radius 1 is 1.18 bits per heavy atom. The molecule has 0 aliphatic carbocycles. The molecular weight excluding hydrogens is 459 g/mol. The summed E-state index contributed by atoms with van der Waals surface area (Å²) in [5.74, 6) is -0.582. The lowest BCUT2D eigenvalue weighted by atomic mass is 9.94. The van der Waals surface area contributed by atoms with Gasteiger partial charge in [-0.2, -0.15) is 5.10 Å². The van der Waals surface area contributed by atoms with Crippen molar-refractivity contribution in [1.29, 1.82) is 0 Å². The maximum Gasteiger partial charge on any atom is 0.277 e. The summed E-state index contributed by atoms with van der Waals surface area (Å²) in [4.78, 5) is 28.7.